The van der Waals surface area contributed by atoms with E-state index in [9.17, 15) is 0 Å². The molecule has 0 N–H and O–H groups in total. The highest BCUT2D eigenvalue weighted by atomic mass is 16.3. The van der Waals surface area contributed by atoms with Gasteiger partial charge in [-0.1, -0.05) is 291 Å². The molecule has 0 aliphatic heterocycles. The molecule has 0 saturated heterocycles. The molecule has 0 radical (unpaired) electrons. The molecule has 22 rings (SSSR count). The molecule has 0 amide bonds. The Kier molecular flexibility index (Phi) is 14.6. The van der Waals surface area contributed by atoms with Gasteiger partial charge < -0.3 is 17.7 Å². The number of pyridine rings is 2. The number of nitrogens with zero attached hydrogens (tertiary/aromatic N) is 8. The lowest BCUT2D eigenvalue weighted by Gasteiger charge is -2.12. The quantitative estimate of drug-likeness (QED) is 0.128. The molecule has 0 fully saturated rings. The van der Waals surface area contributed by atoms with Gasteiger partial charge in [-0.15, -0.1) is 0 Å². The minimum absolute atomic E-state index is 0.580. The summed E-state index contributed by atoms with van der Waals surface area (Å²) in [5.41, 5.74) is 21.3. The van der Waals surface area contributed by atoms with E-state index in [1.54, 1.807) is 0 Å². The van der Waals surface area contributed by atoms with E-state index < -0.39 is 0 Å². The lowest BCUT2D eigenvalue weighted by molar-refractivity contribution is 0.669. The van der Waals surface area contributed by atoms with Gasteiger partial charge in [-0.3, -0.25) is 0 Å². The van der Waals surface area contributed by atoms with Crippen LogP contribution in [0.5, 0.6) is 0 Å². The summed E-state index contributed by atoms with van der Waals surface area (Å²) in [7, 11) is 0. The summed E-state index contributed by atoms with van der Waals surface area (Å²) >= 11 is 0. The number of furan rings is 4. The second-order valence-corrected chi connectivity index (χ2v) is 26.8. The third kappa shape index (κ3) is 10.6. The van der Waals surface area contributed by atoms with E-state index in [1.807, 2.05) is 206 Å². The molecule has 0 saturated carbocycles. The fourth-order valence-electron chi connectivity index (χ4n) is 15.1. The smallest absolute Gasteiger partial charge is 0.164 e. The highest BCUT2D eigenvalue weighted by Gasteiger charge is 2.25. The second kappa shape index (κ2) is 25.5. The summed E-state index contributed by atoms with van der Waals surface area (Å²) in [5.74, 6) is 3.66. The number of hydrogen-bond acceptors (Lipinski definition) is 12. The van der Waals surface area contributed by atoms with Crippen LogP contribution >= 0.6 is 0 Å². The molecule has 0 bridgehead atoms. The molecule has 0 atom stereocenters. The van der Waals surface area contributed by atoms with Crippen LogP contribution < -0.4 is 0 Å². The molecular weight excluding hydrogens is 1330 g/mol. The zero-order chi connectivity index (χ0) is 71.2. The predicted octanol–water partition coefficient (Wildman–Crippen LogP) is 25.1. The molecule has 8 aromatic heterocycles. The number of para-hydroxylation sites is 7. The molecule has 0 aliphatic rings. The normalized spacial score (nSPS) is 11.7. The van der Waals surface area contributed by atoms with Gasteiger partial charge in [0, 0.05) is 104 Å². The number of fused-ring (bicyclic) bond motifs is 16. The zero-order valence-corrected chi connectivity index (χ0v) is 57.5. The average Bonchev–Trinajstić information content (AvgIpc) is 1.56. The van der Waals surface area contributed by atoms with Gasteiger partial charge in [-0.25, -0.2) is 39.9 Å². The van der Waals surface area contributed by atoms with Crippen molar-refractivity contribution in [2.45, 2.75) is 0 Å². The average molecular weight is 1390 g/mol. The van der Waals surface area contributed by atoms with Gasteiger partial charge in [0.1, 0.15) is 44.7 Å². The zero-order valence-electron chi connectivity index (χ0n) is 57.5. The first-order valence-corrected chi connectivity index (χ1v) is 35.8. The van der Waals surface area contributed by atoms with Gasteiger partial charge in [0.05, 0.1) is 33.2 Å². The summed E-state index contributed by atoms with van der Waals surface area (Å²) in [5, 5.41) is 10.2. The van der Waals surface area contributed by atoms with Crippen LogP contribution in [0.25, 0.3) is 223 Å². The molecule has 0 aliphatic carbocycles. The van der Waals surface area contributed by atoms with Gasteiger partial charge in [-0.05, 0) is 54.1 Å². The summed E-state index contributed by atoms with van der Waals surface area (Å²) in [6.07, 6.45) is 0. The summed E-state index contributed by atoms with van der Waals surface area (Å²) in [6, 6.07) is 115. The van der Waals surface area contributed by atoms with Crippen molar-refractivity contribution in [3.8, 4) is 113 Å². The molecule has 12 heteroatoms. The Hall–Kier alpha value is -14.9. The van der Waals surface area contributed by atoms with Crippen LogP contribution in [0, 0.1) is 0 Å². The van der Waals surface area contributed by atoms with Crippen molar-refractivity contribution in [2.75, 3.05) is 0 Å². The van der Waals surface area contributed by atoms with Gasteiger partial charge in [0.15, 0.2) is 34.9 Å². The van der Waals surface area contributed by atoms with E-state index in [0.717, 1.165) is 188 Å². The molecule has 504 valence electrons. The van der Waals surface area contributed by atoms with Crippen LogP contribution in [-0.2, 0) is 0 Å². The molecule has 14 aromatic carbocycles. The molecule has 12 nitrogen and oxygen atoms in total. The minimum Gasteiger partial charge on any atom is -0.455 e. The van der Waals surface area contributed by atoms with E-state index >= 15 is 0 Å². The predicted molar refractivity (Wildman–Crippen MR) is 434 cm³/mol. The Balaban J connectivity index is 0.000000138. The largest absolute Gasteiger partial charge is 0.455 e. The van der Waals surface area contributed by atoms with Gasteiger partial charge in [0.2, 0.25) is 0 Å². The Morgan fingerprint density at radius 1 is 0.176 bits per heavy atom. The van der Waals surface area contributed by atoms with Crippen molar-refractivity contribution in [1.29, 1.82) is 0 Å². The Bertz CT molecular complexity index is 7180. The van der Waals surface area contributed by atoms with E-state index in [1.165, 1.54) is 0 Å². The number of benzene rings is 14. The molecule has 108 heavy (non-hydrogen) atoms. The lowest BCUT2D eigenvalue weighted by Crippen LogP contribution is -2.00. The highest BCUT2D eigenvalue weighted by molar-refractivity contribution is 6.23. The SMILES string of the molecule is c1ccc(-c2nc(-c3ccccc3)nc(-c3ccc(-c4nc5ccc(-c6cccc7c6oc6ccccc67)cc5c5oc6ccccc6c45)cc3)n2)cc1.c1ccc(-c2nc(-c3ccccc3)nc(-c3cccc(-c4nc5c(-c6cccc7c6oc6ccccc67)cccc5c5oc6ccccc6c45)c3)n2)cc1. The fourth-order valence-corrected chi connectivity index (χ4v) is 15.1. The van der Waals surface area contributed by atoms with Crippen LogP contribution in [0.15, 0.2) is 357 Å². The van der Waals surface area contributed by atoms with Crippen LogP contribution in [0.1, 0.15) is 0 Å². The minimum atomic E-state index is 0.580. The highest BCUT2D eigenvalue weighted by Crippen LogP contribution is 2.47. The van der Waals surface area contributed by atoms with Crippen molar-refractivity contribution in [3.63, 3.8) is 0 Å². The Morgan fingerprint density at radius 2 is 0.509 bits per heavy atom. The van der Waals surface area contributed by atoms with Crippen LogP contribution in [0.2, 0.25) is 0 Å². The van der Waals surface area contributed by atoms with E-state index in [4.69, 9.17) is 57.5 Å². The van der Waals surface area contributed by atoms with Crippen molar-refractivity contribution < 1.29 is 17.7 Å². The topological polar surface area (TPSA) is 156 Å². The fraction of sp³-hybridized carbons (Fsp3) is 0. The Labute approximate surface area is 616 Å². The molecule has 8 heterocycles. The Morgan fingerprint density at radius 3 is 1.02 bits per heavy atom. The number of aromatic nitrogens is 8. The van der Waals surface area contributed by atoms with Crippen molar-refractivity contribution in [3.05, 3.63) is 340 Å². The molecular formula is C96H56N8O4. The summed E-state index contributed by atoms with van der Waals surface area (Å²) in [6.45, 7) is 0. The monoisotopic (exact) mass is 1380 g/mol. The first-order valence-electron chi connectivity index (χ1n) is 35.8. The lowest BCUT2D eigenvalue weighted by atomic mass is 9.96. The maximum atomic E-state index is 6.70. The van der Waals surface area contributed by atoms with Crippen LogP contribution in [0.3, 0.4) is 0 Å². The number of rotatable bonds is 10. The number of hydrogen-bond donors (Lipinski definition) is 0. The van der Waals surface area contributed by atoms with Gasteiger partial charge in [-0.2, -0.15) is 0 Å². The van der Waals surface area contributed by atoms with Gasteiger partial charge >= 0.3 is 0 Å². The third-order valence-corrected chi connectivity index (χ3v) is 20.3. The summed E-state index contributed by atoms with van der Waals surface area (Å²) < 4.78 is 26.3. The van der Waals surface area contributed by atoms with E-state index in [-0.39, 0.29) is 0 Å². The van der Waals surface area contributed by atoms with E-state index in [0.29, 0.717) is 34.9 Å². The first kappa shape index (κ1) is 61.8. The second-order valence-electron chi connectivity index (χ2n) is 26.8. The van der Waals surface area contributed by atoms with Gasteiger partial charge in [0.25, 0.3) is 0 Å². The van der Waals surface area contributed by atoms with Crippen LogP contribution in [-0.4, -0.2) is 39.9 Å². The standard InChI is InChI=1S/2C48H28N4O2/c1-3-14-29(15-4-1)46-50-47(30-16-5-2-6-17-30)52-48(51-46)32-19-11-18-31(28-32)42-41-37-21-8-10-27-40(37)54-45(41)38-25-12-22-34(43(38)49-42)36-24-13-23-35-33-20-7-9-26-39(33)53-44(35)36;1-3-12-30(13-4-1)46-50-47(31-14-5-2-6-15-31)52-48(51-46)32-24-22-29(23-25-32)43-42-37-17-8-10-21-41(37)54-45(42)38-28-33(26-27-39(38)49-43)34-18-11-19-36-35-16-7-9-20-40(35)53-44(34)36/h2*1-28H. The summed E-state index contributed by atoms with van der Waals surface area (Å²) in [4.78, 5) is 40.5. The van der Waals surface area contributed by atoms with E-state index in [2.05, 4.69) is 133 Å². The third-order valence-electron chi connectivity index (χ3n) is 20.3. The van der Waals surface area contributed by atoms with Crippen molar-refractivity contribution in [1.82, 2.24) is 39.9 Å². The maximum absolute atomic E-state index is 6.70. The first-order chi connectivity index (χ1) is 53.5. The molecule has 22 aromatic rings. The van der Waals surface area contributed by atoms with Crippen LogP contribution in [0.4, 0.5) is 0 Å². The molecule has 0 unspecified atom stereocenters. The van der Waals surface area contributed by atoms with Crippen molar-refractivity contribution in [2.24, 2.45) is 0 Å². The molecule has 0 spiro atoms. The maximum Gasteiger partial charge on any atom is 0.164 e. The van der Waals surface area contributed by atoms with Crippen molar-refractivity contribution >= 4 is 110 Å².